The lowest BCUT2D eigenvalue weighted by molar-refractivity contribution is -0.121. The number of anilines is 2. The second kappa shape index (κ2) is 5.86. The minimum atomic E-state index is -0.237. The third-order valence-electron chi connectivity index (χ3n) is 3.14. The van der Waals surface area contributed by atoms with Gasteiger partial charge >= 0.3 is 0 Å². The number of aromatic nitrogens is 2. The van der Waals surface area contributed by atoms with Gasteiger partial charge in [0.05, 0.1) is 0 Å². The maximum Gasteiger partial charge on any atom is 0.242 e. The van der Waals surface area contributed by atoms with Crippen LogP contribution in [0.4, 0.5) is 11.8 Å². The fourth-order valence-electron chi connectivity index (χ4n) is 2.08. The summed E-state index contributed by atoms with van der Waals surface area (Å²) in [4.78, 5) is 22.6. The molecule has 1 fully saturated rings. The van der Waals surface area contributed by atoms with E-state index in [0.717, 1.165) is 37.3 Å². The molecule has 0 bridgehead atoms. The smallest absolute Gasteiger partial charge is 0.242 e. The van der Waals surface area contributed by atoms with E-state index in [1.165, 1.54) is 0 Å². The van der Waals surface area contributed by atoms with Gasteiger partial charge in [0.2, 0.25) is 11.9 Å². The highest BCUT2D eigenvalue weighted by Crippen LogP contribution is 2.15. The number of nitrogens with one attached hydrogen (secondary N) is 2. The summed E-state index contributed by atoms with van der Waals surface area (Å²) in [6.45, 7) is 2.68. The monoisotopic (exact) mass is 263 g/mol. The highest BCUT2D eigenvalue weighted by atomic mass is 16.2. The molecule has 0 aliphatic carbocycles. The fraction of sp³-hybridized carbons (Fsp3) is 0.615. The van der Waals surface area contributed by atoms with Crippen LogP contribution in [0.15, 0.2) is 6.07 Å². The number of hydrogen-bond donors (Lipinski definition) is 2. The van der Waals surface area contributed by atoms with E-state index in [2.05, 4.69) is 20.6 Å². The highest BCUT2D eigenvalue weighted by Gasteiger charge is 2.21. The topological polar surface area (TPSA) is 70.2 Å². The Morgan fingerprint density at radius 1 is 1.37 bits per heavy atom. The Morgan fingerprint density at radius 3 is 2.89 bits per heavy atom. The molecule has 1 aromatic rings. The summed E-state index contributed by atoms with van der Waals surface area (Å²) in [5.74, 6) is 1.39. The van der Waals surface area contributed by atoms with Crippen LogP contribution in [0.25, 0.3) is 0 Å². The largest absolute Gasteiger partial charge is 0.363 e. The van der Waals surface area contributed by atoms with E-state index in [1.54, 1.807) is 0 Å². The van der Waals surface area contributed by atoms with Crippen molar-refractivity contribution in [3.63, 3.8) is 0 Å². The van der Waals surface area contributed by atoms with Crippen molar-refractivity contribution in [3.05, 3.63) is 11.8 Å². The average Bonchev–Trinajstić information content (AvgIpc) is 2.54. The van der Waals surface area contributed by atoms with Gasteiger partial charge in [-0.15, -0.1) is 0 Å². The quantitative estimate of drug-likeness (QED) is 0.849. The Bertz CT molecular complexity index is 460. The SMILES string of the molecule is Cc1cc(N(C)C)nc(NC2CCCCNC2=O)n1. The van der Waals surface area contributed by atoms with Crippen LogP contribution in [0, 0.1) is 6.92 Å². The molecule has 0 spiro atoms. The predicted octanol–water partition coefficient (Wildman–Crippen LogP) is 0.932. The van der Waals surface area contributed by atoms with Crippen LogP contribution < -0.4 is 15.5 Å². The summed E-state index contributed by atoms with van der Waals surface area (Å²) in [5.41, 5.74) is 0.884. The van der Waals surface area contributed by atoms with Crippen LogP contribution in [-0.4, -0.2) is 42.6 Å². The Balaban J connectivity index is 2.15. The van der Waals surface area contributed by atoms with Crippen molar-refractivity contribution in [2.75, 3.05) is 30.9 Å². The van der Waals surface area contributed by atoms with Crippen LogP contribution in [0.5, 0.6) is 0 Å². The number of carbonyl (C=O) groups excluding carboxylic acids is 1. The first-order chi connectivity index (χ1) is 9.06. The first-order valence-electron chi connectivity index (χ1n) is 6.63. The van der Waals surface area contributed by atoms with Crippen LogP contribution in [0.2, 0.25) is 0 Å². The van der Waals surface area contributed by atoms with Gasteiger partial charge in [0.1, 0.15) is 11.9 Å². The molecule has 1 aliphatic rings. The maximum absolute atomic E-state index is 11.9. The Labute approximate surface area is 113 Å². The van der Waals surface area contributed by atoms with E-state index >= 15 is 0 Å². The molecule has 1 amide bonds. The van der Waals surface area contributed by atoms with Crippen molar-refractivity contribution in [2.24, 2.45) is 0 Å². The molecule has 6 nitrogen and oxygen atoms in total. The predicted molar refractivity (Wildman–Crippen MR) is 75.4 cm³/mol. The first-order valence-corrected chi connectivity index (χ1v) is 6.63. The van der Waals surface area contributed by atoms with Gasteiger partial charge in [-0.2, -0.15) is 4.98 Å². The zero-order valence-electron chi connectivity index (χ0n) is 11.7. The van der Waals surface area contributed by atoms with Gasteiger partial charge in [-0.1, -0.05) is 0 Å². The van der Waals surface area contributed by atoms with Gasteiger partial charge < -0.3 is 15.5 Å². The molecule has 104 valence electrons. The fourth-order valence-corrected chi connectivity index (χ4v) is 2.08. The zero-order chi connectivity index (χ0) is 13.8. The van der Waals surface area contributed by atoms with Gasteiger partial charge in [-0.05, 0) is 26.2 Å². The van der Waals surface area contributed by atoms with Crippen molar-refractivity contribution in [1.29, 1.82) is 0 Å². The molecule has 1 aliphatic heterocycles. The molecule has 0 saturated carbocycles. The minimum absolute atomic E-state index is 0.0361. The first kappa shape index (κ1) is 13.6. The van der Waals surface area contributed by atoms with Crippen LogP contribution in [0.1, 0.15) is 25.0 Å². The van der Waals surface area contributed by atoms with E-state index in [9.17, 15) is 4.79 Å². The second-order valence-corrected chi connectivity index (χ2v) is 5.07. The van der Waals surface area contributed by atoms with Gasteiger partial charge in [-0.3, -0.25) is 4.79 Å². The lowest BCUT2D eigenvalue weighted by Gasteiger charge is -2.17. The summed E-state index contributed by atoms with van der Waals surface area (Å²) in [6, 6.07) is 1.68. The Kier molecular flexibility index (Phi) is 4.19. The van der Waals surface area contributed by atoms with Crippen molar-refractivity contribution >= 4 is 17.7 Å². The molecule has 6 heteroatoms. The van der Waals surface area contributed by atoms with Crippen LogP contribution >= 0.6 is 0 Å². The summed E-state index contributed by atoms with van der Waals surface area (Å²) < 4.78 is 0. The molecule has 1 atom stereocenters. The molecular formula is C13H21N5O. The minimum Gasteiger partial charge on any atom is -0.363 e. The summed E-state index contributed by atoms with van der Waals surface area (Å²) in [7, 11) is 3.87. The molecule has 1 aromatic heterocycles. The number of carbonyl (C=O) groups is 1. The third kappa shape index (κ3) is 3.56. The standard InChI is InChI=1S/C13H21N5O/c1-9-8-11(18(2)3)17-13(15-9)16-10-6-4-5-7-14-12(10)19/h8,10H,4-7H2,1-3H3,(H,14,19)(H,15,16,17). The second-order valence-electron chi connectivity index (χ2n) is 5.07. The van der Waals surface area contributed by atoms with E-state index in [0.29, 0.717) is 5.95 Å². The van der Waals surface area contributed by atoms with Crippen LogP contribution in [0.3, 0.4) is 0 Å². The van der Waals surface area contributed by atoms with Crippen molar-refractivity contribution in [3.8, 4) is 0 Å². The van der Waals surface area contributed by atoms with Gasteiger partial charge in [0.25, 0.3) is 0 Å². The molecule has 19 heavy (non-hydrogen) atoms. The molecular weight excluding hydrogens is 242 g/mol. The summed E-state index contributed by atoms with van der Waals surface area (Å²) in [6.07, 6.45) is 2.88. The lowest BCUT2D eigenvalue weighted by atomic mass is 10.1. The van der Waals surface area contributed by atoms with Gasteiger partial charge in [0, 0.05) is 32.4 Å². The average molecular weight is 263 g/mol. The number of hydrogen-bond acceptors (Lipinski definition) is 5. The highest BCUT2D eigenvalue weighted by molar-refractivity contribution is 5.84. The molecule has 0 aromatic carbocycles. The van der Waals surface area contributed by atoms with Crippen molar-refractivity contribution in [1.82, 2.24) is 15.3 Å². The van der Waals surface area contributed by atoms with E-state index < -0.39 is 0 Å². The van der Waals surface area contributed by atoms with Crippen molar-refractivity contribution < 1.29 is 4.79 Å². The Hall–Kier alpha value is -1.85. The molecule has 2 heterocycles. The molecule has 1 saturated heterocycles. The number of rotatable bonds is 3. The van der Waals surface area contributed by atoms with E-state index in [-0.39, 0.29) is 11.9 Å². The number of amides is 1. The molecule has 2 N–H and O–H groups in total. The van der Waals surface area contributed by atoms with Gasteiger partial charge in [-0.25, -0.2) is 4.98 Å². The number of nitrogens with zero attached hydrogens (tertiary/aromatic N) is 3. The normalized spacial score (nSPS) is 19.5. The maximum atomic E-state index is 11.9. The molecule has 2 rings (SSSR count). The lowest BCUT2D eigenvalue weighted by Crippen LogP contribution is -2.38. The molecule has 0 radical (unpaired) electrons. The van der Waals surface area contributed by atoms with E-state index in [1.807, 2.05) is 32.0 Å². The zero-order valence-corrected chi connectivity index (χ0v) is 11.7. The molecule has 1 unspecified atom stereocenters. The Morgan fingerprint density at radius 2 is 2.16 bits per heavy atom. The van der Waals surface area contributed by atoms with E-state index in [4.69, 9.17) is 0 Å². The third-order valence-corrected chi connectivity index (χ3v) is 3.14. The van der Waals surface area contributed by atoms with Crippen molar-refractivity contribution in [2.45, 2.75) is 32.2 Å². The number of aryl methyl sites for hydroxylation is 1. The summed E-state index contributed by atoms with van der Waals surface area (Å²) in [5, 5.41) is 6.05. The van der Waals surface area contributed by atoms with Gasteiger partial charge in [0.15, 0.2) is 0 Å². The summed E-state index contributed by atoms with van der Waals surface area (Å²) >= 11 is 0. The van der Waals surface area contributed by atoms with Crippen LogP contribution in [-0.2, 0) is 4.79 Å².